The average Bonchev–Trinajstić information content (AvgIpc) is 3.26. The van der Waals surface area contributed by atoms with E-state index in [1.54, 1.807) is 49.9 Å². The molecule has 0 aliphatic heterocycles. The van der Waals surface area contributed by atoms with Gasteiger partial charge < -0.3 is 15.2 Å². The number of imidazole rings is 1. The minimum Gasteiger partial charge on any atom is -0.355 e. The van der Waals surface area contributed by atoms with Gasteiger partial charge in [0.05, 0.1) is 6.33 Å². The Balaban J connectivity index is 1.52. The lowest BCUT2D eigenvalue weighted by Crippen LogP contribution is -2.20. The van der Waals surface area contributed by atoms with Crippen molar-refractivity contribution in [2.45, 2.75) is 6.54 Å². The molecule has 0 saturated heterocycles. The van der Waals surface area contributed by atoms with Gasteiger partial charge in [-0.15, -0.1) is 0 Å². The van der Waals surface area contributed by atoms with Gasteiger partial charge in [0.2, 0.25) is 5.91 Å². The predicted octanol–water partition coefficient (Wildman–Crippen LogP) is 2.56. The van der Waals surface area contributed by atoms with Crippen molar-refractivity contribution in [3.63, 3.8) is 0 Å². The quantitative estimate of drug-likeness (QED) is 0.664. The van der Waals surface area contributed by atoms with E-state index < -0.39 is 0 Å². The molecule has 0 saturated carbocycles. The van der Waals surface area contributed by atoms with E-state index >= 15 is 0 Å². The normalized spacial score (nSPS) is 10.7. The summed E-state index contributed by atoms with van der Waals surface area (Å²) in [4.78, 5) is 27.5. The van der Waals surface area contributed by atoms with E-state index in [9.17, 15) is 9.59 Å². The van der Waals surface area contributed by atoms with E-state index in [0.717, 1.165) is 16.8 Å². The summed E-state index contributed by atoms with van der Waals surface area (Å²) in [5.74, 6) is -0.314. The van der Waals surface area contributed by atoms with Gasteiger partial charge in [0, 0.05) is 43.3 Å². The number of hydrogen-bond donors (Lipinski definition) is 2. The Morgan fingerprint density at radius 2 is 1.81 bits per heavy atom. The first-order valence-corrected chi connectivity index (χ1v) is 8.51. The Hall–Kier alpha value is -3.67. The second kappa shape index (κ2) is 8.62. The van der Waals surface area contributed by atoms with Crippen LogP contribution in [0.1, 0.15) is 21.5 Å². The van der Waals surface area contributed by atoms with Crippen molar-refractivity contribution in [2.24, 2.45) is 0 Å². The zero-order valence-electron chi connectivity index (χ0n) is 14.9. The van der Waals surface area contributed by atoms with Crippen LogP contribution in [0, 0.1) is 0 Å². The van der Waals surface area contributed by atoms with E-state index in [-0.39, 0.29) is 11.8 Å². The molecule has 27 heavy (non-hydrogen) atoms. The second-order valence-corrected chi connectivity index (χ2v) is 5.89. The molecule has 0 spiro atoms. The number of amides is 2. The van der Waals surface area contributed by atoms with Crippen LogP contribution < -0.4 is 10.6 Å². The molecule has 2 aromatic carbocycles. The van der Waals surface area contributed by atoms with Crippen LogP contribution in [0.15, 0.2) is 73.3 Å². The van der Waals surface area contributed by atoms with Crippen LogP contribution in [0.5, 0.6) is 0 Å². The van der Waals surface area contributed by atoms with Gasteiger partial charge in [-0.2, -0.15) is 0 Å². The summed E-state index contributed by atoms with van der Waals surface area (Å²) < 4.78 is 1.92. The summed E-state index contributed by atoms with van der Waals surface area (Å²) >= 11 is 0. The molecule has 0 aliphatic carbocycles. The molecule has 0 fully saturated rings. The lowest BCUT2D eigenvalue weighted by atomic mass is 10.1. The Labute approximate surface area is 157 Å². The lowest BCUT2D eigenvalue weighted by molar-refractivity contribution is -0.116. The molecule has 3 rings (SSSR count). The minimum atomic E-state index is -0.177. The molecule has 3 aromatic rings. The number of carbonyl (C=O) groups is 2. The Bertz CT molecular complexity index is 927. The maximum atomic E-state index is 12.0. The third-order valence-corrected chi connectivity index (χ3v) is 4.03. The minimum absolute atomic E-state index is 0.137. The van der Waals surface area contributed by atoms with Crippen LogP contribution in [-0.2, 0) is 11.3 Å². The molecule has 136 valence electrons. The molecule has 0 bridgehead atoms. The number of hydrogen-bond acceptors (Lipinski definition) is 3. The van der Waals surface area contributed by atoms with Crippen LogP contribution >= 0.6 is 0 Å². The fourth-order valence-electron chi connectivity index (χ4n) is 2.51. The maximum Gasteiger partial charge on any atom is 0.251 e. The first kappa shape index (κ1) is 18.1. The number of benzene rings is 2. The maximum absolute atomic E-state index is 12.0. The first-order valence-electron chi connectivity index (χ1n) is 8.51. The second-order valence-electron chi connectivity index (χ2n) is 5.89. The molecule has 0 unspecified atom stereocenters. The van der Waals surface area contributed by atoms with Gasteiger partial charge >= 0.3 is 0 Å². The summed E-state index contributed by atoms with van der Waals surface area (Å²) in [7, 11) is 1.59. The lowest BCUT2D eigenvalue weighted by Gasteiger charge is -2.05. The van der Waals surface area contributed by atoms with Gasteiger partial charge in [0.1, 0.15) is 0 Å². The summed E-state index contributed by atoms with van der Waals surface area (Å²) in [6, 6.07) is 14.9. The Kier molecular flexibility index (Phi) is 5.79. The molecule has 0 radical (unpaired) electrons. The Morgan fingerprint density at radius 3 is 2.44 bits per heavy atom. The van der Waals surface area contributed by atoms with Gasteiger partial charge in [-0.3, -0.25) is 9.59 Å². The molecule has 0 atom stereocenters. The van der Waals surface area contributed by atoms with Crippen molar-refractivity contribution in [1.82, 2.24) is 20.2 Å². The monoisotopic (exact) mass is 360 g/mol. The van der Waals surface area contributed by atoms with Crippen molar-refractivity contribution in [2.75, 3.05) is 7.05 Å². The smallest absolute Gasteiger partial charge is 0.251 e. The van der Waals surface area contributed by atoms with Gasteiger partial charge in [0.25, 0.3) is 5.91 Å². The third-order valence-electron chi connectivity index (χ3n) is 4.03. The fourth-order valence-corrected chi connectivity index (χ4v) is 2.51. The molecular formula is C21H20N4O2. The van der Waals surface area contributed by atoms with E-state index in [0.29, 0.717) is 12.1 Å². The molecule has 2 amide bonds. The number of nitrogens with zero attached hydrogens (tertiary/aromatic N) is 2. The zero-order valence-corrected chi connectivity index (χ0v) is 14.9. The highest BCUT2D eigenvalue weighted by atomic mass is 16.2. The van der Waals surface area contributed by atoms with Gasteiger partial charge in [-0.05, 0) is 41.5 Å². The van der Waals surface area contributed by atoms with Crippen molar-refractivity contribution < 1.29 is 9.59 Å². The van der Waals surface area contributed by atoms with Crippen LogP contribution in [0.4, 0.5) is 0 Å². The molecular weight excluding hydrogens is 340 g/mol. The van der Waals surface area contributed by atoms with E-state index in [1.165, 1.54) is 6.08 Å². The average molecular weight is 360 g/mol. The largest absolute Gasteiger partial charge is 0.355 e. The Morgan fingerprint density at radius 1 is 1.07 bits per heavy atom. The fraction of sp³-hybridized carbons (Fsp3) is 0.0952. The molecule has 6 nitrogen and oxygen atoms in total. The molecule has 2 N–H and O–H groups in total. The molecule has 1 heterocycles. The first-order chi connectivity index (χ1) is 13.2. The van der Waals surface area contributed by atoms with E-state index in [2.05, 4.69) is 15.6 Å². The summed E-state index contributed by atoms with van der Waals surface area (Å²) in [5, 5.41) is 5.42. The predicted molar refractivity (Wildman–Crippen MR) is 104 cm³/mol. The van der Waals surface area contributed by atoms with Gasteiger partial charge in [0.15, 0.2) is 0 Å². The van der Waals surface area contributed by atoms with Crippen LogP contribution in [0.25, 0.3) is 11.8 Å². The van der Waals surface area contributed by atoms with Gasteiger partial charge in [-0.1, -0.05) is 24.3 Å². The van der Waals surface area contributed by atoms with Crippen molar-refractivity contribution in [3.8, 4) is 5.69 Å². The summed E-state index contributed by atoms with van der Waals surface area (Å²) in [6.45, 7) is 0.447. The SMILES string of the molecule is CNC(=O)c1ccc(/C=C/C(=O)NCc2ccc(-n3ccnc3)cc2)cc1. The van der Waals surface area contributed by atoms with Crippen molar-refractivity contribution in [1.29, 1.82) is 0 Å². The topological polar surface area (TPSA) is 76.0 Å². The van der Waals surface area contributed by atoms with Crippen molar-refractivity contribution >= 4 is 17.9 Å². The highest BCUT2D eigenvalue weighted by Crippen LogP contribution is 2.09. The molecule has 6 heteroatoms. The number of nitrogens with one attached hydrogen (secondary N) is 2. The molecule has 1 aromatic heterocycles. The number of aromatic nitrogens is 2. The van der Waals surface area contributed by atoms with Gasteiger partial charge in [-0.25, -0.2) is 4.98 Å². The third kappa shape index (κ3) is 4.92. The van der Waals surface area contributed by atoms with E-state index in [4.69, 9.17) is 0 Å². The summed E-state index contributed by atoms with van der Waals surface area (Å²) in [5.41, 5.74) is 3.46. The standard InChI is InChI=1S/C21H20N4O2/c1-22-21(27)18-7-2-16(3-8-18)6-11-20(26)24-14-17-4-9-19(10-5-17)25-13-12-23-15-25/h2-13,15H,14H2,1H3,(H,22,27)(H,24,26)/b11-6+. The zero-order chi connectivity index (χ0) is 19.1. The number of carbonyl (C=O) groups excluding carboxylic acids is 2. The highest BCUT2D eigenvalue weighted by Gasteiger charge is 2.02. The molecule has 0 aliphatic rings. The van der Waals surface area contributed by atoms with E-state index in [1.807, 2.05) is 35.0 Å². The summed E-state index contributed by atoms with van der Waals surface area (Å²) in [6.07, 6.45) is 8.54. The van der Waals surface area contributed by atoms with Crippen LogP contribution in [0.3, 0.4) is 0 Å². The highest BCUT2D eigenvalue weighted by molar-refractivity contribution is 5.94. The van der Waals surface area contributed by atoms with Crippen molar-refractivity contribution in [3.05, 3.63) is 90.0 Å². The van der Waals surface area contributed by atoms with Crippen LogP contribution in [0.2, 0.25) is 0 Å². The number of rotatable bonds is 6. The van der Waals surface area contributed by atoms with Crippen LogP contribution in [-0.4, -0.2) is 28.4 Å².